The van der Waals surface area contributed by atoms with E-state index in [1.54, 1.807) is 13.2 Å². The van der Waals surface area contributed by atoms with Crippen molar-refractivity contribution in [3.05, 3.63) is 17.7 Å². The normalized spacial score (nSPS) is 17.2. The van der Waals surface area contributed by atoms with Gasteiger partial charge in [-0.1, -0.05) is 0 Å². The van der Waals surface area contributed by atoms with E-state index in [4.69, 9.17) is 19.3 Å². The lowest BCUT2D eigenvalue weighted by molar-refractivity contribution is -0.947. The second-order valence-electron chi connectivity index (χ2n) is 5.71. The molecule has 0 aliphatic carbocycles. The Morgan fingerprint density at radius 2 is 1.91 bits per heavy atom. The molecule has 0 atom stereocenters. The van der Waals surface area contributed by atoms with Gasteiger partial charge in [0.1, 0.15) is 19.6 Å². The van der Waals surface area contributed by atoms with Crippen LogP contribution in [0.25, 0.3) is 0 Å². The van der Waals surface area contributed by atoms with Crippen LogP contribution in [-0.2, 0) is 11.3 Å². The third-order valence-corrected chi connectivity index (χ3v) is 4.25. The number of morpholine rings is 1. The largest absolute Gasteiger partial charge is 0.504 e. The number of methoxy groups -OCH3 is 2. The summed E-state index contributed by atoms with van der Waals surface area (Å²) in [5.74, 6) is 0.978. The van der Waals surface area contributed by atoms with Gasteiger partial charge in [-0.2, -0.15) is 0 Å². The topological polar surface area (TPSA) is 68.2 Å². The fourth-order valence-electron chi connectivity index (χ4n) is 3.08. The van der Waals surface area contributed by atoms with E-state index in [1.807, 2.05) is 6.07 Å². The molecule has 22 heavy (non-hydrogen) atoms. The zero-order valence-corrected chi connectivity index (χ0v) is 13.4. The number of ether oxygens (including phenoxy) is 3. The van der Waals surface area contributed by atoms with Crippen LogP contribution in [-0.4, -0.2) is 68.4 Å². The molecule has 0 aromatic heterocycles. The number of hydrogen-bond acceptors (Lipinski definition) is 5. The Morgan fingerprint density at radius 1 is 1.18 bits per heavy atom. The number of nitrogens with zero attached hydrogens (tertiary/aromatic N) is 1. The summed E-state index contributed by atoms with van der Waals surface area (Å²) >= 11 is 0. The molecule has 1 aliphatic heterocycles. The van der Waals surface area contributed by atoms with Crippen LogP contribution in [0.3, 0.4) is 0 Å². The minimum atomic E-state index is 0.0883. The van der Waals surface area contributed by atoms with Crippen LogP contribution in [0.4, 0.5) is 0 Å². The van der Waals surface area contributed by atoms with Crippen LogP contribution in [0.1, 0.15) is 12.0 Å². The molecule has 1 heterocycles. The Labute approximate surface area is 131 Å². The van der Waals surface area contributed by atoms with Crippen molar-refractivity contribution in [3.63, 3.8) is 0 Å². The van der Waals surface area contributed by atoms with Gasteiger partial charge in [0.2, 0.25) is 5.75 Å². The van der Waals surface area contributed by atoms with Gasteiger partial charge < -0.3 is 28.9 Å². The van der Waals surface area contributed by atoms with E-state index in [2.05, 4.69) is 0 Å². The van der Waals surface area contributed by atoms with Gasteiger partial charge >= 0.3 is 0 Å². The summed E-state index contributed by atoms with van der Waals surface area (Å²) in [4.78, 5) is 0. The van der Waals surface area contributed by atoms with E-state index in [1.165, 1.54) is 7.11 Å². The van der Waals surface area contributed by atoms with Crippen LogP contribution in [0.5, 0.6) is 17.2 Å². The number of aliphatic hydroxyl groups is 1. The third-order valence-electron chi connectivity index (χ3n) is 4.25. The van der Waals surface area contributed by atoms with E-state index in [0.717, 1.165) is 55.9 Å². The number of rotatable bonds is 7. The molecule has 1 saturated heterocycles. The molecular formula is C16H26NO5+. The second kappa shape index (κ2) is 7.67. The standard InChI is InChI=1S/C16H25NO5/c1-20-15-11-13(10-14(19)16(15)21-2)12-17(4-3-7-18)5-8-22-9-6-17/h10-11,18H,3-9,12H2,1-2H3/p+1. The number of phenolic OH excluding ortho intramolecular Hbond substituents is 1. The van der Waals surface area contributed by atoms with Crippen molar-refractivity contribution in [2.75, 3.05) is 53.7 Å². The molecule has 6 heteroatoms. The summed E-state index contributed by atoms with van der Waals surface area (Å²) in [5.41, 5.74) is 0.995. The minimum absolute atomic E-state index is 0.0883. The summed E-state index contributed by atoms with van der Waals surface area (Å²) in [5, 5.41) is 19.3. The number of quaternary nitrogens is 1. The van der Waals surface area contributed by atoms with Crippen molar-refractivity contribution in [3.8, 4) is 17.2 Å². The zero-order valence-electron chi connectivity index (χ0n) is 13.4. The van der Waals surface area contributed by atoms with Crippen LogP contribution in [0.15, 0.2) is 12.1 Å². The van der Waals surface area contributed by atoms with Crippen molar-refractivity contribution in [2.24, 2.45) is 0 Å². The van der Waals surface area contributed by atoms with Gasteiger partial charge in [-0.25, -0.2) is 0 Å². The molecule has 2 N–H and O–H groups in total. The molecule has 1 aliphatic rings. The Morgan fingerprint density at radius 3 is 2.50 bits per heavy atom. The average Bonchev–Trinajstić information content (AvgIpc) is 2.53. The molecule has 1 aromatic rings. The molecule has 1 fully saturated rings. The maximum absolute atomic E-state index is 10.1. The third kappa shape index (κ3) is 3.82. The Kier molecular flexibility index (Phi) is 5.88. The number of phenols is 1. The molecule has 0 spiro atoms. The highest BCUT2D eigenvalue weighted by molar-refractivity contribution is 5.52. The van der Waals surface area contributed by atoms with E-state index in [-0.39, 0.29) is 12.4 Å². The molecule has 124 valence electrons. The molecule has 0 radical (unpaired) electrons. The highest BCUT2D eigenvalue weighted by Gasteiger charge is 2.31. The smallest absolute Gasteiger partial charge is 0.203 e. The van der Waals surface area contributed by atoms with Gasteiger partial charge in [-0.3, -0.25) is 0 Å². The van der Waals surface area contributed by atoms with Crippen LogP contribution >= 0.6 is 0 Å². The number of aromatic hydroxyl groups is 1. The summed E-state index contributed by atoms with van der Waals surface area (Å²) in [7, 11) is 3.07. The van der Waals surface area contributed by atoms with Gasteiger partial charge in [-0.15, -0.1) is 0 Å². The highest BCUT2D eigenvalue weighted by Crippen LogP contribution is 2.38. The zero-order chi connectivity index (χ0) is 16.0. The molecule has 2 rings (SSSR count). The van der Waals surface area contributed by atoms with E-state index in [0.29, 0.717) is 11.5 Å². The SMILES string of the molecule is COc1cc(C[N+]2(CCCO)CCOCC2)cc(O)c1OC. The first-order chi connectivity index (χ1) is 10.6. The lowest BCUT2D eigenvalue weighted by atomic mass is 10.1. The lowest BCUT2D eigenvalue weighted by Crippen LogP contribution is -2.55. The summed E-state index contributed by atoms with van der Waals surface area (Å²) < 4.78 is 16.8. The van der Waals surface area contributed by atoms with Gasteiger partial charge in [0, 0.05) is 18.6 Å². The molecule has 0 unspecified atom stereocenters. The maximum atomic E-state index is 10.1. The molecule has 0 amide bonds. The number of aliphatic hydroxyl groups excluding tert-OH is 1. The maximum Gasteiger partial charge on any atom is 0.203 e. The van der Waals surface area contributed by atoms with Crippen molar-refractivity contribution < 1.29 is 28.9 Å². The highest BCUT2D eigenvalue weighted by atomic mass is 16.5. The second-order valence-corrected chi connectivity index (χ2v) is 5.71. The van der Waals surface area contributed by atoms with Gasteiger partial charge in [0.25, 0.3) is 0 Å². The van der Waals surface area contributed by atoms with Crippen molar-refractivity contribution in [1.82, 2.24) is 0 Å². The summed E-state index contributed by atoms with van der Waals surface area (Å²) in [6.45, 7) is 5.14. The fourth-order valence-corrected chi connectivity index (χ4v) is 3.08. The molecular weight excluding hydrogens is 286 g/mol. The number of benzene rings is 1. The van der Waals surface area contributed by atoms with Crippen LogP contribution < -0.4 is 9.47 Å². The molecule has 0 bridgehead atoms. The summed E-state index contributed by atoms with van der Waals surface area (Å²) in [6, 6.07) is 3.64. The first-order valence-corrected chi connectivity index (χ1v) is 7.62. The Balaban J connectivity index is 2.24. The molecule has 0 saturated carbocycles. The van der Waals surface area contributed by atoms with E-state index in [9.17, 15) is 5.11 Å². The predicted molar refractivity (Wildman–Crippen MR) is 82.3 cm³/mol. The van der Waals surface area contributed by atoms with Crippen LogP contribution in [0.2, 0.25) is 0 Å². The van der Waals surface area contributed by atoms with Crippen molar-refractivity contribution in [2.45, 2.75) is 13.0 Å². The number of hydrogen-bond donors (Lipinski definition) is 2. The quantitative estimate of drug-likeness (QED) is 0.739. The average molecular weight is 312 g/mol. The molecule has 6 nitrogen and oxygen atoms in total. The lowest BCUT2D eigenvalue weighted by Gasteiger charge is -2.41. The predicted octanol–water partition coefficient (Wildman–Crippen LogP) is 1.14. The van der Waals surface area contributed by atoms with Crippen molar-refractivity contribution in [1.29, 1.82) is 0 Å². The molecule has 1 aromatic carbocycles. The van der Waals surface area contributed by atoms with Gasteiger partial charge in [0.15, 0.2) is 11.5 Å². The first-order valence-electron chi connectivity index (χ1n) is 7.62. The van der Waals surface area contributed by atoms with E-state index >= 15 is 0 Å². The monoisotopic (exact) mass is 312 g/mol. The van der Waals surface area contributed by atoms with Gasteiger partial charge in [-0.05, 0) is 12.1 Å². The first kappa shape index (κ1) is 16.9. The van der Waals surface area contributed by atoms with Gasteiger partial charge in [0.05, 0.1) is 34.0 Å². The summed E-state index contributed by atoms with van der Waals surface area (Å²) in [6.07, 6.45) is 0.763. The van der Waals surface area contributed by atoms with Crippen LogP contribution in [0, 0.1) is 0 Å². The fraction of sp³-hybridized carbons (Fsp3) is 0.625. The Hall–Kier alpha value is -1.50. The minimum Gasteiger partial charge on any atom is -0.504 e. The Bertz CT molecular complexity index is 486. The van der Waals surface area contributed by atoms with E-state index < -0.39 is 0 Å². The van der Waals surface area contributed by atoms with Crippen molar-refractivity contribution >= 4 is 0 Å².